The maximum atomic E-state index is 13.6. The first-order valence-electron chi connectivity index (χ1n) is 12.0. The van der Waals surface area contributed by atoms with Gasteiger partial charge in [0, 0.05) is 15.1 Å². The van der Waals surface area contributed by atoms with Gasteiger partial charge in [0.15, 0.2) is 0 Å². The molecule has 0 unspecified atom stereocenters. The quantitative estimate of drug-likeness (QED) is 0.259. The van der Waals surface area contributed by atoms with Crippen molar-refractivity contribution in [1.29, 1.82) is 0 Å². The molecule has 0 radical (unpaired) electrons. The lowest BCUT2D eigenvalue weighted by Crippen LogP contribution is -2.26. The van der Waals surface area contributed by atoms with Gasteiger partial charge in [-0.3, -0.25) is 4.72 Å². The number of nitrogens with one attached hydrogen (secondary N) is 1. The van der Waals surface area contributed by atoms with Gasteiger partial charge >= 0.3 is 0 Å². The Hall–Kier alpha value is -4.11. The highest BCUT2D eigenvalue weighted by Crippen LogP contribution is 2.51. The Morgan fingerprint density at radius 3 is 2.14 bits per heavy atom. The second-order valence-corrected chi connectivity index (χ2v) is 11.7. The van der Waals surface area contributed by atoms with E-state index < -0.39 is 10.0 Å². The fraction of sp³-hybridized carbons (Fsp3) is 0.0625. The number of thiophene rings is 1. The number of aryl methyl sites for hydroxylation is 1. The number of hydrogen-bond acceptors (Lipinski definition) is 3. The van der Waals surface area contributed by atoms with Gasteiger partial charge in [0.05, 0.1) is 22.1 Å². The van der Waals surface area contributed by atoms with E-state index in [4.69, 9.17) is 0 Å². The van der Waals surface area contributed by atoms with Gasteiger partial charge in [-0.05, 0) is 53.8 Å². The molecule has 1 heterocycles. The number of fused-ring (bicyclic) bond motifs is 3. The third kappa shape index (κ3) is 4.35. The zero-order valence-electron chi connectivity index (χ0n) is 20.1. The summed E-state index contributed by atoms with van der Waals surface area (Å²) in [5, 5.41) is 1.12. The van der Waals surface area contributed by atoms with Crippen LogP contribution in [-0.2, 0) is 10.0 Å². The molecular formula is C32H23NO2S2. The topological polar surface area (TPSA) is 46.2 Å². The van der Waals surface area contributed by atoms with Crippen molar-refractivity contribution in [3.05, 3.63) is 142 Å². The molecule has 5 heteroatoms. The van der Waals surface area contributed by atoms with Crippen LogP contribution in [-0.4, -0.2) is 8.42 Å². The first-order chi connectivity index (χ1) is 18.0. The van der Waals surface area contributed by atoms with Crippen molar-refractivity contribution in [3.8, 4) is 11.8 Å². The van der Waals surface area contributed by atoms with E-state index in [1.807, 2.05) is 79.7 Å². The smallest absolute Gasteiger partial charge is 0.261 e. The molecule has 1 aliphatic carbocycles. The van der Waals surface area contributed by atoms with Gasteiger partial charge in [0.1, 0.15) is 0 Å². The summed E-state index contributed by atoms with van der Waals surface area (Å²) in [5.41, 5.74) is 5.33. The lowest BCUT2D eigenvalue weighted by molar-refractivity contribution is 0.587. The highest BCUT2D eigenvalue weighted by molar-refractivity contribution is 7.89. The summed E-state index contributed by atoms with van der Waals surface area (Å²) in [5.74, 6) is 6.35. The van der Waals surface area contributed by atoms with E-state index in [0.29, 0.717) is 5.70 Å². The maximum Gasteiger partial charge on any atom is 0.261 e. The molecule has 1 aliphatic rings. The van der Waals surface area contributed by atoms with Gasteiger partial charge in [-0.1, -0.05) is 96.3 Å². The molecular weight excluding hydrogens is 494 g/mol. The molecule has 0 saturated carbocycles. The monoisotopic (exact) mass is 517 g/mol. The minimum atomic E-state index is -3.84. The molecule has 1 atom stereocenters. The summed E-state index contributed by atoms with van der Waals surface area (Å²) in [6.07, 6.45) is 0. The van der Waals surface area contributed by atoms with Gasteiger partial charge in [-0.15, -0.1) is 11.3 Å². The highest BCUT2D eigenvalue weighted by atomic mass is 32.2. The van der Waals surface area contributed by atoms with E-state index in [-0.39, 0.29) is 10.8 Å². The molecule has 0 saturated heterocycles. The standard InChI is InChI=1S/C32H23NO2S2/c1-22-16-19-25(20-17-22)37(34,35)33-31-27(21-18-23-10-4-2-5-11-23)32-30(26-14-8-9-15-28(26)36-32)29(31)24-12-6-3-7-13-24/h2-17,19-20,29,33H,1H3/t29-/m1/s1. The van der Waals surface area contributed by atoms with Crippen LogP contribution in [0.25, 0.3) is 15.7 Å². The van der Waals surface area contributed by atoms with E-state index >= 15 is 0 Å². The van der Waals surface area contributed by atoms with Crippen LogP contribution in [0.2, 0.25) is 0 Å². The molecule has 5 aromatic rings. The van der Waals surface area contributed by atoms with Crippen LogP contribution >= 0.6 is 11.3 Å². The third-order valence-corrected chi connectivity index (χ3v) is 9.11. The van der Waals surface area contributed by atoms with Crippen molar-refractivity contribution in [3.63, 3.8) is 0 Å². The Kier molecular flexibility index (Phi) is 5.92. The van der Waals surface area contributed by atoms with E-state index in [9.17, 15) is 8.42 Å². The summed E-state index contributed by atoms with van der Waals surface area (Å²) in [6.45, 7) is 1.94. The molecule has 180 valence electrons. The summed E-state index contributed by atoms with van der Waals surface area (Å²) < 4.78 is 31.4. The van der Waals surface area contributed by atoms with Gasteiger partial charge in [-0.25, -0.2) is 8.42 Å². The average molecular weight is 518 g/mol. The van der Waals surface area contributed by atoms with Crippen molar-refractivity contribution in [2.45, 2.75) is 17.7 Å². The Bertz CT molecular complexity index is 1810. The zero-order chi connectivity index (χ0) is 25.4. The first-order valence-corrected chi connectivity index (χ1v) is 14.3. The average Bonchev–Trinajstić information content (AvgIpc) is 3.42. The minimum Gasteiger partial charge on any atom is -0.281 e. The highest BCUT2D eigenvalue weighted by Gasteiger charge is 2.37. The molecule has 0 fully saturated rings. The fourth-order valence-corrected chi connectivity index (χ4v) is 7.12. The molecule has 4 aromatic carbocycles. The normalized spacial score (nSPS) is 14.8. The van der Waals surface area contributed by atoms with Crippen LogP contribution in [0.5, 0.6) is 0 Å². The van der Waals surface area contributed by atoms with Crippen LogP contribution in [0.1, 0.15) is 33.0 Å². The second-order valence-electron chi connectivity index (χ2n) is 9.01. The SMILES string of the molecule is Cc1ccc(S(=O)(=O)NC2=C(C#Cc3ccccc3)c3sc4ccccc4c3[C@H]2c2ccccc2)cc1. The van der Waals surface area contributed by atoms with Crippen molar-refractivity contribution in [2.75, 3.05) is 0 Å². The van der Waals surface area contributed by atoms with Gasteiger partial charge in [-0.2, -0.15) is 0 Å². The zero-order valence-corrected chi connectivity index (χ0v) is 21.7. The number of allylic oxidation sites excluding steroid dienone is 2. The number of benzene rings is 4. The Morgan fingerprint density at radius 2 is 1.41 bits per heavy atom. The van der Waals surface area contributed by atoms with Gasteiger partial charge in [0.25, 0.3) is 10.0 Å². The van der Waals surface area contributed by atoms with Crippen LogP contribution < -0.4 is 4.72 Å². The van der Waals surface area contributed by atoms with Crippen molar-refractivity contribution >= 4 is 37.0 Å². The van der Waals surface area contributed by atoms with Crippen LogP contribution in [0.15, 0.2) is 120 Å². The fourth-order valence-electron chi connectivity index (χ4n) is 4.74. The summed E-state index contributed by atoms with van der Waals surface area (Å²) in [4.78, 5) is 1.24. The number of rotatable bonds is 4. The molecule has 6 rings (SSSR count). The minimum absolute atomic E-state index is 0.230. The summed E-state index contributed by atoms with van der Waals surface area (Å²) in [7, 11) is -3.84. The predicted molar refractivity (Wildman–Crippen MR) is 152 cm³/mol. The molecule has 0 bridgehead atoms. The van der Waals surface area contributed by atoms with E-state index in [2.05, 4.69) is 40.8 Å². The van der Waals surface area contributed by atoms with E-state index in [0.717, 1.165) is 42.8 Å². The molecule has 1 aromatic heterocycles. The lowest BCUT2D eigenvalue weighted by atomic mass is 9.91. The molecule has 3 nitrogen and oxygen atoms in total. The first kappa shape index (κ1) is 23.3. The largest absolute Gasteiger partial charge is 0.281 e. The predicted octanol–water partition coefficient (Wildman–Crippen LogP) is 7.10. The second kappa shape index (κ2) is 9.40. The van der Waals surface area contributed by atoms with Gasteiger partial charge in [0.2, 0.25) is 0 Å². The molecule has 1 N–H and O–H groups in total. The Balaban J connectivity index is 1.60. The molecule has 0 amide bonds. The molecule has 0 aliphatic heterocycles. The Morgan fingerprint density at radius 1 is 0.757 bits per heavy atom. The van der Waals surface area contributed by atoms with Crippen molar-refractivity contribution in [2.24, 2.45) is 0 Å². The van der Waals surface area contributed by atoms with Crippen LogP contribution in [0.4, 0.5) is 0 Å². The van der Waals surface area contributed by atoms with Crippen molar-refractivity contribution < 1.29 is 8.42 Å². The Labute approximate surface area is 221 Å². The summed E-state index contributed by atoms with van der Waals surface area (Å²) >= 11 is 1.66. The van der Waals surface area contributed by atoms with Crippen molar-refractivity contribution in [1.82, 2.24) is 4.72 Å². The summed E-state index contributed by atoms with van der Waals surface area (Å²) in [6, 6.07) is 35.0. The number of hydrogen-bond donors (Lipinski definition) is 1. The molecule has 0 spiro atoms. The van der Waals surface area contributed by atoms with Crippen LogP contribution in [0.3, 0.4) is 0 Å². The van der Waals surface area contributed by atoms with E-state index in [1.165, 1.54) is 0 Å². The van der Waals surface area contributed by atoms with Gasteiger partial charge < -0.3 is 0 Å². The van der Waals surface area contributed by atoms with E-state index in [1.54, 1.807) is 23.5 Å². The molecule has 37 heavy (non-hydrogen) atoms. The van der Waals surface area contributed by atoms with Crippen LogP contribution in [0, 0.1) is 18.8 Å². The number of sulfonamides is 1. The lowest BCUT2D eigenvalue weighted by Gasteiger charge is -2.19. The third-order valence-electron chi connectivity index (χ3n) is 6.52. The maximum absolute atomic E-state index is 13.6.